The summed E-state index contributed by atoms with van der Waals surface area (Å²) >= 11 is 5.85. The molecule has 0 atom stereocenters. The molecule has 5 nitrogen and oxygen atoms in total. The molecule has 0 spiro atoms. The molecule has 0 radical (unpaired) electrons. The molecule has 6 heteroatoms. The maximum atomic E-state index is 11.0. The zero-order valence-corrected chi connectivity index (χ0v) is 12.2. The first-order chi connectivity index (χ1) is 9.44. The molecule has 0 bridgehead atoms. The van der Waals surface area contributed by atoms with Gasteiger partial charge in [0.2, 0.25) is 0 Å². The van der Waals surface area contributed by atoms with Crippen LogP contribution < -0.4 is 5.32 Å². The molecule has 0 aromatic carbocycles. The Balaban J connectivity index is 2.21. The van der Waals surface area contributed by atoms with E-state index in [1.54, 1.807) is 0 Å². The summed E-state index contributed by atoms with van der Waals surface area (Å²) in [6.07, 6.45) is 3.72. The van der Waals surface area contributed by atoms with Crippen LogP contribution in [0.25, 0.3) is 0 Å². The minimum absolute atomic E-state index is 0.00365. The maximum absolute atomic E-state index is 11.0. The summed E-state index contributed by atoms with van der Waals surface area (Å²) < 4.78 is 0. The second-order valence-electron chi connectivity index (χ2n) is 5.61. The van der Waals surface area contributed by atoms with E-state index in [-0.39, 0.29) is 17.3 Å². The maximum Gasteiger partial charge on any atom is 0.335 e. The van der Waals surface area contributed by atoms with Crippen LogP contribution in [0.5, 0.6) is 0 Å². The van der Waals surface area contributed by atoms with Gasteiger partial charge in [0, 0.05) is 0 Å². The fourth-order valence-corrected chi connectivity index (χ4v) is 2.80. The lowest BCUT2D eigenvalue weighted by molar-refractivity contribution is 0.0696. The predicted molar refractivity (Wildman–Crippen MR) is 77.3 cm³/mol. The Bertz CT molecular complexity index is 499. The first kappa shape index (κ1) is 15.1. The Kier molecular flexibility index (Phi) is 4.50. The van der Waals surface area contributed by atoms with Crippen LogP contribution >= 0.6 is 11.6 Å². The number of carboxylic acid groups (broad SMARTS) is 1. The number of aliphatic hydroxyl groups is 1. The van der Waals surface area contributed by atoms with Crippen molar-refractivity contribution in [2.75, 3.05) is 11.9 Å². The van der Waals surface area contributed by atoms with Gasteiger partial charge in [-0.2, -0.15) is 0 Å². The zero-order valence-electron chi connectivity index (χ0n) is 11.4. The summed E-state index contributed by atoms with van der Waals surface area (Å²) in [5, 5.41) is 22.1. The third-order valence-electron chi connectivity index (χ3n) is 3.97. The van der Waals surface area contributed by atoms with Crippen molar-refractivity contribution in [3.05, 3.63) is 22.8 Å². The monoisotopic (exact) mass is 298 g/mol. The summed E-state index contributed by atoms with van der Waals surface area (Å²) in [5.74, 6) is 0.00421. The number of aliphatic hydroxyl groups excluding tert-OH is 1. The smallest absolute Gasteiger partial charge is 0.335 e. The fraction of sp³-hybridized carbons (Fsp3) is 0.571. The molecule has 0 amide bonds. The number of rotatable bonds is 4. The molecule has 3 N–H and O–H groups in total. The van der Waals surface area contributed by atoms with E-state index in [2.05, 4.69) is 17.2 Å². The van der Waals surface area contributed by atoms with Gasteiger partial charge < -0.3 is 15.5 Å². The highest BCUT2D eigenvalue weighted by Crippen LogP contribution is 2.34. The Morgan fingerprint density at radius 3 is 2.70 bits per heavy atom. The van der Waals surface area contributed by atoms with Crippen LogP contribution in [-0.4, -0.2) is 33.3 Å². The summed E-state index contributed by atoms with van der Waals surface area (Å²) in [7, 11) is 0. The van der Waals surface area contributed by atoms with E-state index in [0.717, 1.165) is 25.7 Å². The first-order valence-corrected chi connectivity index (χ1v) is 7.12. The highest BCUT2D eigenvalue weighted by Gasteiger charge is 2.34. The number of hydrogen-bond acceptors (Lipinski definition) is 4. The van der Waals surface area contributed by atoms with Gasteiger partial charge in [-0.25, -0.2) is 9.78 Å². The van der Waals surface area contributed by atoms with E-state index in [4.69, 9.17) is 16.7 Å². The van der Waals surface area contributed by atoms with Crippen LogP contribution in [-0.2, 0) is 0 Å². The number of aromatic carboxylic acids is 1. The van der Waals surface area contributed by atoms with Crippen LogP contribution in [0.15, 0.2) is 12.1 Å². The van der Waals surface area contributed by atoms with Crippen molar-refractivity contribution >= 4 is 23.4 Å². The number of nitrogens with one attached hydrogen (secondary N) is 1. The van der Waals surface area contributed by atoms with Gasteiger partial charge in [-0.15, -0.1) is 0 Å². The molecule has 0 aliphatic heterocycles. The average molecular weight is 299 g/mol. The van der Waals surface area contributed by atoms with E-state index < -0.39 is 11.5 Å². The van der Waals surface area contributed by atoms with Gasteiger partial charge in [-0.05, 0) is 43.7 Å². The van der Waals surface area contributed by atoms with Crippen LogP contribution in [0.2, 0.25) is 5.15 Å². The molecule has 2 rings (SSSR count). The van der Waals surface area contributed by atoms with Crippen LogP contribution in [0, 0.1) is 5.92 Å². The van der Waals surface area contributed by atoms with Gasteiger partial charge in [-0.1, -0.05) is 18.5 Å². The molecule has 0 unspecified atom stereocenters. The van der Waals surface area contributed by atoms with Gasteiger partial charge in [-0.3, -0.25) is 0 Å². The second kappa shape index (κ2) is 5.97. The molecule has 1 aliphatic rings. The molecule has 110 valence electrons. The number of carboxylic acids is 1. The van der Waals surface area contributed by atoms with Crippen LogP contribution in [0.1, 0.15) is 43.0 Å². The van der Waals surface area contributed by atoms with Crippen molar-refractivity contribution in [2.24, 2.45) is 5.92 Å². The lowest BCUT2D eigenvalue weighted by atomic mass is 9.77. The quantitative estimate of drug-likeness (QED) is 0.745. The van der Waals surface area contributed by atoms with Crippen LogP contribution in [0.3, 0.4) is 0 Å². The third-order valence-corrected chi connectivity index (χ3v) is 4.16. The van der Waals surface area contributed by atoms with E-state index in [1.165, 1.54) is 12.1 Å². The van der Waals surface area contributed by atoms with Crippen molar-refractivity contribution in [1.29, 1.82) is 0 Å². The SMILES string of the molecule is CC1CCC(CO)(Nc2cc(C(=O)O)cc(Cl)n2)CC1. The second-order valence-corrected chi connectivity index (χ2v) is 6.00. The van der Waals surface area contributed by atoms with Crippen molar-refractivity contribution in [3.8, 4) is 0 Å². The topological polar surface area (TPSA) is 82.5 Å². The van der Waals surface area contributed by atoms with E-state index in [1.807, 2.05) is 0 Å². The Labute approximate surface area is 123 Å². The van der Waals surface area contributed by atoms with Gasteiger partial charge in [0.1, 0.15) is 11.0 Å². The Hall–Kier alpha value is -1.33. The number of carbonyl (C=O) groups is 1. The predicted octanol–water partition coefficient (Wildman–Crippen LogP) is 2.79. The molecular formula is C14H19ClN2O3. The van der Waals surface area contributed by atoms with Crippen molar-refractivity contribution in [3.63, 3.8) is 0 Å². The van der Waals surface area contributed by atoms with E-state index >= 15 is 0 Å². The molecule has 1 aromatic heterocycles. The summed E-state index contributed by atoms with van der Waals surface area (Å²) in [6, 6.07) is 2.76. The normalized spacial score (nSPS) is 26.2. The minimum atomic E-state index is -1.05. The van der Waals surface area contributed by atoms with Gasteiger partial charge in [0.15, 0.2) is 0 Å². The zero-order chi connectivity index (χ0) is 14.8. The molecule has 1 fully saturated rings. The first-order valence-electron chi connectivity index (χ1n) is 6.74. The van der Waals surface area contributed by atoms with Gasteiger partial charge in [0.25, 0.3) is 0 Å². The van der Waals surface area contributed by atoms with Crippen molar-refractivity contribution < 1.29 is 15.0 Å². The van der Waals surface area contributed by atoms with Gasteiger partial charge >= 0.3 is 5.97 Å². The lowest BCUT2D eigenvalue weighted by Crippen LogP contribution is -2.45. The average Bonchev–Trinajstić information content (AvgIpc) is 2.41. The van der Waals surface area contributed by atoms with E-state index in [0.29, 0.717) is 11.7 Å². The molecule has 20 heavy (non-hydrogen) atoms. The molecule has 1 aliphatic carbocycles. The molecule has 0 saturated heterocycles. The lowest BCUT2D eigenvalue weighted by Gasteiger charge is -2.39. The summed E-state index contributed by atoms with van der Waals surface area (Å²) in [5.41, 5.74) is -0.343. The summed E-state index contributed by atoms with van der Waals surface area (Å²) in [4.78, 5) is 15.1. The molecule has 1 heterocycles. The van der Waals surface area contributed by atoms with Crippen molar-refractivity contribution in [2.45, 2.75) is 38.1 Å². The number of pyridine rings is 1. The van der Waals surface area contributed by atoms with E-state index in [9.17, 15) is 9.90 Å². The number of aromatic nitrogens is 1. The fourth-order valence-electron chi connectivity index (χ4n) is 2.59. The highest BCUT2D eigenvalue weighted by atomic mass is 35.5. The molecular weight excluding hydrogens is 280 g/mol. The highest BCUT2D eigenvalue weighted by molar-refractivity contribution is 6.29. The Morgan fingerprint density at radius 1 is 1.50 bits per heavy atom. The number of anilines is 1. The standard InChI is InChI=1S/C14H19ClN2O3/c1-9-2-4-14(8-18,5-3-9)17-12-7-10(13(19)20)6-11(15)16-12/h6-7,9,18H,2-5,8H2,1H3,(H,16,17)(H,19,20). The van der Waals surface area contributed by atoms with Crippen molar-refractivity contribution in [1.82, 2.24) is 4.98 Å². The minimum Gasteiger partial charge on any atom is -0.478 e. The number of nitrogens with zero attached hydrogens (tertiary/aromatic N) is 1. The Morgan fingerprint density at radius 2 is 2.15 bits per heavy atom. The van der Waals surface area contributed by atoms with Gasteiger partial charge in [0.05, 0.1) is 17.7 Å². The largest absolute Gasteiger partial charge is 0.478 e. The number of hydrogen-bond donors (Lipinski definition) is 3. The third kappa shape index (κ3) is 3.41. The number of halogens is 1. The molecule has 1 aromatic rings. The molecule has 1 saturated carbocycles. The summed E-state index contributed by atoms with van der Waals surface area (Å²) in [6.45, 7) is 2.19. The van der Waals surface area contributed by atoms with Crippen LogP contribution in [0.4, 0.5) is 5.82 Å².